The Balaban J connectivity index is 1.59. The van der Waals surface area contributed by atoms with Gasteiger partial charge in [-0.25, -0.2) is 0 Å². The Morgan fingerprint density at radius 1 is 1.11 bits per heavy atom. The van der Waals surface area contributed by atoms with Crippen LogP contribution in [0, 0.1) is 13.8 Å². The van der Waals surface area contributed by atoms with Gasteiger partial charge in [-0.3, -0.25) is 14.4 Å². The summed E-state index contributed by atoms with van der Waals surface area (Å²) in [7, 11) is 0. The van der Waals surface area contributed by atoms with Gasteiger partial charge < -0.3 is 20.7 Å². The number of hydrogen-bond donors (Lipinski definition) is 3. The average molecular weight is 367 g/mol. The molecule has 2 aromatic rings. The monoisotopic (exact) mass is 367 g/mol. The second kappa shape index (κ2) is 7.49. The lowest BCUT2D eigenvalue weighted by molar-refractivity contribution is -0.122. The minimum absolute atomic E-state index is 0.164. The van der Waals surface area contributed by atoms with Crippen LogP contribution in [0.5, 0.6) is 5.75 Å². The van der Waals surface area contributed by atoms with E-state index < -0.39 is 6.10 Å². The van der Waals surface area contributed by atoms with Crippen LogP contribution in [0.3, 0.4) is 0 Å². The Kier molecular flexibility index (Phi) is 5.12. The molecule has 7 nitrogen and oxygen atoms in total. The number of ether oxygens (including phenoxy) is 1. The summed E-state index contributed by atoms with van der Waals surface area (Å²) in [6.07, 6.45) is -0.557. The Bertz CT molecular complexity index is 903. The lowest BCUT2D eigenvalue weighted by Crippen LogP contribution is -2.34. The number of fused-ring (bicyclic) bond motifs is 1. The van der Waals surface area contributed by atoms with Crippen LogP contribution in [0.15, 0.2) is 36.4 Å². The number of benzene rings is 2. The summed E-state index contributed by atoms with van der Waals surface area (Å²) in [4.78, 5) is 36.0. The molecule has 1 unspecified atom stereocenters. The first kappa shape index (κ1) is 18.4. The third-order valence-electron chi connectivity index (χ3n) is 4.09. The van der Waals surface area contributed by atoms with E-state index in [1.54, 1.807) is 37.3 Å². The van der Waals surface area contributed by atoms with Crippen molar-refractivity contribution < 1.29 is 19.1 Å². The summed E-state index contributed by atoms with van der Waals surface area (Å²) in [5, 5.41) is 8.01. The predicted molar refractivity (Wildman–Crippen MR) is 102 cm³/mol. The van der Waals surface area contributed by atoms with Crippen molar-refractivity contribution >= 4 is 29.1 Å². The number of rotatable bonds is 4. The molecule has 140 valence electrons. The van der Waals surface area contributed by atoms with Crippen molar-refractivity contribution in [2.24, 2.45) is 0 Å². The fourth-order valence-electron chi connectivity index (χ4n) is 2.86. The van der Waals surface area contributed by atoms with Gasteiger partial charge in [-0.05, 0) is 51.1 Å². The summed E-state index contributed by atoms with van der Waals surface area (Å²) in [5.74, 6) is -0.379. The first-order valence-corrected chi connectivity index (χ1v) is 8.60. The van der Waals surface area contributed by atoms with Crippen molar-refractivity contribution in [3.63, 3.8) is 0 Å². The first-order valence-electron chi connectivity index (χ1n) is 8.60. The normalized spacial score (nSPS) is 15.2. The molecule has 1 heterocycles. The van der Waals surface area contributed by atoms with Crippen molar-refractivity contribution in [1.29, 1.82) is 0 Å². The lowest BCUT2D eigenvalue weighted by Gasteiger charge is -2.23. The van der Waals surface area contributed by atoms with Crippen LogP contribution in [0.4, 0.5) is 11.4 Å². The molecule has 2 aromatic carbocycles. The number of carbonyl (C=O) groups is 3. The quantitative estimate of drug-likeness (QED) is 0.773. The first-order chi connectivity index (χ1) is 12.8. The third kappa shape index (κ3) is 4.44. The van der Waals surface area contributed by atoms with Crippen molar-refractivity contribution in [2.45, 2.75) is 26.9 Å². The maximum absolute atomic E-state index is 12.2. The summed E-state index contributed by atoms with van der Waals surface area (Å²) in [6, 6.07) is 10.5. The van der Waals surface area contributed by atoms with Crippen LogP contribution in [-0.2, 0) is 9.59 Å². The van der Waals surface area contributed by atoms with Gasteiger partial charge in [0.05, 0.1) is 12.2 Å². The molecule has 3 rings (SSSR count). The summed E-state index contributed by atoms with van der Waals surface area (Å²) < 4.78 is 5.47. The molecule has 0 bridgehead atoms. The van der Waals surface area contributed by atoms with Gasteiger partial charge in [-0.15, -0.1) is 0 Å². The van der Waals surface area contributed by atoms with E-state index in [0.717, 1.165) is 11.1 Å². The maximum atomic E-state index is 12.2. The molecule has 0 fully saturated rings. The van der Waals surface area contributed by atoms with Gasteiger partial charge in [0.2, 0.25) is 5.91 Å². The van der Waals surface area contributed by atoms with Gasteiger partial charge in [0.15, 0.2) is 6.10 Å². The highest BCUT2D eigenvalue weighted by Gasteiger charge is 2.23. The largest absolute Gasteiger partial charge is 0.479 e. The van der Waals surface area contributed by atoms with Crippen molar-refractivity contribution in [3.05, 3.63) is 53.1 Å². The lowest BCUT2D eigenvalue weighted by atomic mass is 10.1. The van der Waals surface area contributed by atoms with Gasteiger partial charge in [0.25, 0.3) is 11.8 Å². The van der Waals surface area contributed by atoms with Crippen molar-refractivity contribution in [3.8, 4) is 5.75 Å². The number of carbonyl (C=O) groups excluding carboxylic acids is 3. The van der Waals surface area contributed by atoms with Gasteiger partial charge >= 0.3 is 0 Å². The standard InChI is InChI=1S/C20H21N3O4/c1-11-6-12(2)8-14(7-11)20(26)21-10-18(24)22-15-4-5-17-16(9-15)23-19(25)13(3)27-17/h4-9,13H,10H2,1-3H3,(H,21,26)(H,22,24)(H,23,25). The number of nitrogens with one attached hydrogen (secondary N) is 3. The van der Waals surface area contributed by atoms with E-state index in [0.29, 0.717) is 22.7 Å². The van der Waals surface area contributed by atoms with Crippen LogP contribution in [-0.4, -0.2) is 30.4 Å². The zero-order valence-corrected chi connectivity index (χ0v) is 15.4. The highest BCUT2D eigenvalue weighted by molar-refractivity contribution is 6.01. The zero-order chi connectivity index (χ0) is 19.6. The Labute approximate surface area is 157 Å². The zero-order valence-electron chi connectivity index (χ0n) is 15.4. The molecule has 1 atom stereocenters. The molecule has 1 aliphatic heterocycles. The Morgan fingerprint density at radius 2 is 1.81 bits per heavy atom. The second-order valence-corrected chi connectivity index (χ2v) is 6.57. The van der Waals surface area contributed by atoms with E-state index in [-0.39, 0.29) is 24.3 Å². The average Bonchev–Trinajstić information content (AvgIpc) is 2.60. The highest BCUT2D eigenvalue weighted by atomic mass is 16.5. The molecule has 0 spiro atoms. The predicted octanol–water partition coefficient (Wildman–Crippen LogP) is 2.39. The Morgan fingerprint density at radius 3 is 2.52 bits per heavy atom. The minimum atomic E-state index is -0.557. The van der Waals surface area contributed by atoms with Crippen LogP contribution in [0.25, 0.3) is 0 Å². The highest BCUT2D eigenvalue weighted by Crippen LogP contribution is 2.32. The molecule has 3 N–H and O–H groups in total. The molecule has 7 heteroatoms. The molecule has 0 aliphatic carbocycles. The van der Waals surface area contributed by atoms with Gasteiger partial charge in [-0.2, -0.15) is 0 Å². The topological polar surface area (TPSA) is 96.5 Å². The van der Waals surface area contributed by atoms with E-state index in [4.69, 9.17) is 4.74 Å². The van der Waals surface area contributed by atoms with E-state index >= 15 is 0 Å². The molecular formula is C20H21N3O4. The van der Waals surface area contributed by atoms with Gasteiger partial charge in [-0.1, -0.05) is 17.2 Å². The van der Waals surface area contributed by atoms with Gasteiger partial charge in [0, 0.05) is 11.3 Å². The summed E-state index contributed by atoms with van der Waals surface area (Å²) >= 11 is 0. The van der Waals surface area contributed by atoms with Gasteiger partial charge in [0.1, 0.15) is 5.75 Å². The van der Waals surface area contributed by atoms with Crippen LogP contribution < -0.4 is 20.7 Å². The van der Waals surface area contributed by atoms with E-state index in [1.165, 1.54) is 0 Å². The molecule has 0 saturated carbocycles. The van der Waals surface area contributed by atoms with E-state index in [9.17, 15) is 14.4 Å². The fourth-order valence-corrected chi connectivity index (χ4v) is 2.86. The Hall–Kier alpha value is -3.35. The number of anilines is 2. The second-order valence-electron chi connectivity index (χ2n) is 6.57. The molecule has 27 heavy (non-hydrogen) atoms. The van der Waals surface area contributed by atoms with E-state index in [2.05, 4.69) is 16.0 Å². The molecular weight excluding hydrogens is 346 g/mol. The fraction of sp³-hybridized carbons (Fsp3) is 0.250. The van der Waals surface area contributed by atoms with Crippen molar-refractivity contribution in [1.82, 2.24) is 5.32 Å². The SMILES string of the molecule is Cc1cc(C)cc(C(=O)NCC(=O)Nc2ccc3c(c2)NC(=O)C(C)O3)c1. The smallest absolute Gasteiger partial charge is 0.265 e. The molecule has 0 radical (unpaired) electrons. The van der Waals surface area contributed by atoms with Crippen LogP contribution in [0.2, 0.25) is 0 Å². The molecule has 0 saturated heterocycles. The number of amides is 3. The number of aryl methyl sites for hydroxylation is 2. The van der Waals surface area contributed by atoms with Crippen LogP contribution >= 0.6 is 0 Å². The minimum Gasteiger partial charge on any atom is -0.479 e. The molecule has 3 amide bonds. The summed E-state index contributed by atoms with van der Waals surface area (Å²) in [5.41, 5.74) is 3.48. The molecule has 1 aliphatic rings. The third-order valence-corrected chi connectivity index (χ3v) is 4.09. The van der Waals surface area contributed by atoms with Crippen LogP contribution in [0.1, 0.15) is 28.4 Å². The summed E-state index contributed by atoms with van der Waals surface area (Å²) in [6.45, 7) is 5.32. The van der Waals surface area contributed by atoms with E-state index in [1.807, 2.05) is 19.9 Å². The van der Waals surface area contributed by atoms with Crippen molar-refractivity contribution in [2.75, 3.05) is 17.2 Å². The molecule has 0 aromatic heterocycles. The number of hydrogen-bond acceptors (Lipinski definition) is 4. The maximum Gasteiger partial charge on any atom is 0.265 e.